The first-order valence-electron chi connectivity index (χ1n) is 10.4. The molecule has 0 bridgehead atoms. The van der Waals surface area contributed by atoms with Crippen LogP contribution in [0.3, 0.4) is 0 Å². The number of H-pyrrole nitrogens is 1. The lowest BCUT2D eigenvalue weighted by Gasteiger charge is -2.19. The number of nitrogens with one attached hydrogen (secondary N) is 2. The van der Waals surface area contributed by atoms with E-state index in [0.29, 0.717) is 11.5 Å². The minimum Gasteiger partial charge on any atom is -0.497 e. The van der Waals surface area contributed by atoms with Crippen molar-refractivity contribution < 1.29 is 22.6 Å². The predicted molar refractivity (Wildman–Crippen MR) is 128 cm³/mol. The number of aromatic nitrogens is 1. The molecule has 33 heavy (non-hydrogen) atoms. The Bertz CT molecular complexity index is 1350. The fraction of sp³-hybridized carbons (Fsp3) is 0.200. The summed E-state index contributed by atoms with van der Waals surface area (Å²) in [6.07, 6.45) is 1.93. The van der Waals surface area contributed by atoms with Gasteiger partial charge in [-0.25, -0.2) is 13.1 Å². The molecule has 7 nitrogen and oxygen atoms in total. The average Bonchev–Trinajstić information content (AvgIpc) is 3.28. The molecule has 1 heterocycles. The quantitative estimate of drug-likeness (QED) is 0.384. The van der Waals surface area contributed by atoms with E-state index in [1.807, 2.05) is 54.7 Å². The van der Waals surface area contributed by atoms with E-state index < -0.39 is 10.0 Å². The fourth-order valence-corrected chi connectivity index (χ4v) is 4.95. The maximum absolute atomic E-state index is 13.1. The molecule has 0 aliphatic rings. The van der Waals surface area contributed by atoms with Crippen LogP contribution in [0, 0.1) is 0 Å². The second-order valence-corrected chi connectivity index (χ2v) is 9.25. The molecule has 172 valence electrons. The normalized spacial score (nSPS) is 12.5. The van der Waals surface area contributed by atoms with E-state index in [1.165, 1.54) is 26.4 Å². The van der Waals surface area contributed by atoms with E-state index in [-0.39, 0.29) is 17.4 Å². The highest BCUT2D eigenvalue weighted by atomic mass is 32.2. The predicted octanol–water partition coefficient (Wildman–Crippen LogP) is 4.30. The first-order valence-corrected chi connectivity index (χ1v) is 11.9. The monoisotopic (exact) mass is 466 g/mol. The summed E-state index contributed by atoms with van der Waals surface area (Å²) in [5.41, 5.74) is 2.97. The topological polar surface area (TPSA) is 89.7 Å². The van der Waals surface area contributed by atoms with Gasteiger partial charge in [0.15, 0.2) is 11.5 Å². The zero-order valence-corrected chi connectivity index (χ0v) is 19.5. The number of aromatic amines is 1. The van der Waals surface area contributed by atoms with Gasteiger partial charge in [0.25, 0.3) is 0 Å². The Kier molecular flexibility index (Phi) is 6.57. The highest BCUT2D eigenvalue weighted by molar-refractivity contribution is 7.89. The van der Waals surface area contributed by atoms with Gasteiger partial charge in [-0.15, -0.1) is 0 Å². The Hall–Kier alpha value is -3.49. The first kappa shape index (κ1) is 22.7. The average molecular weight is 467 g/mol. The Morgan fingerprint density at radius 3 is 2.30 bits per heavy atom. The third-order valence-corrected chi connectivity index (χ3v) is 7.08. The summed E-state index contributed by atoms with van der Waals surface area (Å²) in [4.78, 5) is 3.39. The fourth-order valence-electron chi connectivity index (χ4n) is 3.89. The van der Waals surface area contributed by atoms with Gasteiger partial charge in [0.1, 0.15) is 5.75 Å². The summed E-state index contributed by atoms with van der Waals surface area (Å²) in [7, 11) is 0.791. The van der Waals surface area contributed by atoms with Gasteiger partial charge in [0.05, 0.1) is 26.2 Å². The van der Waals surface area contributed by atoms with Gasteiger partial charge in [0, 0.05) is 35.6 Å². The van der Waals surface area contributed by atoms with Gasteiger partial charge in [0.2, 0.25) is 10.0 Å². The third-order valence-electron chi connectivity index (χ3n) is 5.66. The molecule has 1 atom stereocenters. The second kappa shape index (κ2) is 9.56. The lowest BCUT2D eigenvalue weighted by Crippen LogP contribution is -2.29. The van der Waals surface area contributed by atoms with Crippen LogP contribution in [-0.2, 0) is 10.0 Å². The maximum atomic E-state index is 13.1. The lowest BCUT2D eigenvalue weighted by atomic mass is 9.91. The van der Waals surface area contributed by atoms with Crippen molar-refractivity contribution in [2.75, 3.05) is 27.9 Å². The van der Waals surface area contributed by atoms with Gasteiger partial charge < -0.3 is 19.2 Å². The van der Waals surface area contributed by atoms with Gasteiger partial charge >= 0.3 is 0 Å². The van der Waals surface area contributed by atoms with E-state index in [2.05, 4.69) is 9.71 Å². The van der Waals surface area contributed by atoms with E-state index in [1.54, 1.807) is 13.2 Å². The maximum Gasteiger partial charge on any atom is 0.240 e. The number of benzene rings is 3. The minimum atomic E-state index is -3.80. The first-order chi connectivity index (χ1) is 16.0. The molecule has 0 aliphatic carbocycles. The number of fused-ring (bicyclic) bond motifs is 1. The number of ether oxygens (including phenoxy) is 3. The largest absolute Gasteiger partial charge is 0.497 e. The number of hydrogen-bond acceptors (Lipinski definition) is 5. The van der Waals surface area contributed by atoms with E-state index in [9.17, 15) is 8.42 Å². The van der Waals surface area contributed by atoms with E-state index in [4.69, 9.17) is 14.2 Å². The molecule has 1 aromatic heterocycles. The Morgan fingerprint density at radius 1 is 0.879 bits per heavy atom. The standard InChI is InChI=1S/C25H26N2O5S/c1-30-18-10-8-17(9-11-18)21(22-15-26-23-7-5-4-6-20(22)23)16-27-33(28,29)19-12-13-24(31-2)25(14-19)32-3/h4-15,21,26-27H,16H2,1-3H3. The van der Waals surface area contributed by atoms with Crippen molar-refractivity contribution in [3.05, 3.63) is 84.1 Å². The van der Waals surface area contributed by atoms with Crippen LogP contribution >= 0.6 is 0 Å². The molecule has 1 unspecified atom stereocenters. The summed E-state index contributed by atoms with van der Waals surface area (Å²) in [5, 5.41) is 1.05. The van der Waals surface area contributed by atoms with Crippen molar-refractivity contribution in [1.29, 1.82) is 0 Å². The Balaban J connectivity index is 1.68. The van der Waals surface area contributed by atoms with Crippen LogP contribution in [0.15, 0.2) is 77.8 Å². The van der Waals surface area contributed by atoms with Gasteiger partial charge in [-0.3, -0.25) is 0 Å². The van der Waals surface area contributed by atoms with Crippen LogP contribution in [0.1, 0.15) is 17.0 Å². The molecule has 3 aromatic carbocycles. The molecule has 0 fully saturated rings. The van der Waals surface area contributed by atoms with Crippen molar-refractivity contribution in [2.45, 2.75) is 10.8 Å². The van der Waals surface area contributed by atoms with Gasteiger partial charge in [-0.05, 0) is 41.5 Å². The summed E-state index contributed by atoms with van der Waals surface area (Å²) >= 11 is 0. The van der Waals surface area contributed by atoms with Crippen molar-refractivity contribution in [3.63, 3.8) is 0 Å². The Labute approximate surface area is 193 Å². The number of para-hydroxylation sites is 1. The number of sulfonamides is 1. The summed E-state index contributed by atoms with van der Waals surface area (Å²) in [6.45, 7) is 0.171. The van der Waals surface area contributed by atoms with Gasteiger partial charge in [-0.2, -0.15) is 0 Å². The van der Waals surface area contributed by atoms with Crippen LogP contribution in [0.2, 0.25) is 0 Å². The molecule has 0 radical (unpaired) electrons. The molecular formula is C25H26N2O5S. The van der Waals surface area contributed by atoms with Crippen molar-refractivity contribution in [1.82, 2.24) is 9.71 Å². The molecule has 0 saturated carbocycles. The summed E-state index contributed by atoms with van der Waals surface area (Å²) < 4.78 is 44.8. The van der Waals surface area contributed by atoms with Crippen LogP contribution in [0.5, 0.6) is 17.2 Å². The molecular weight excluding hydrogens is 440 g/mol. The molecule has 0 spiro atoms. The van der Waals surface area contributed by atoms with E-state index >= 15 is 0 Å². The smallest absolute Gasteiger partial charge is 0.240 e. The van der Waals surface area contributed by atoms with Crippen molar-refractivity contribution in [2.24, 2.45) is 0 Å². The number of rotatable bonds is 9. The van der Waals surface area contributed by atoms with Crippen LogP contribution in [-0.4, -0.2) is 41.3 Å². The van der Waals surface area contributed by atoms with Crippen LogP contribution < -0.4 is 18.9 Å². The zero-order valence-electron chi connectivity index (χ0n) is 18.7. The van der Waals surface area contributed by atoms with Crippen molar-refractivity contribution in [3.8, 4) is 17.2 Å². The van der Waals surface area contributed by atoms with Crippen molar-refractivity contribution >= 4 is 20.9 Å². The Morgan fingerprint density at radius 2 is 1.61 bits per heavy atom. The molecule has 0 amide bonds. The summed E-state index contributed by atoms with van der Waals surface area (Å²) in [6, 6.07) is 20.1. The molecule has 8 heteroatoms. The highest BCUT2D eigenvalue weighted by Gasteiger charge is 2.23. The minimum absolute atomic E-state index is 0.104. The van der Waals surface area contributed by atoms with Crippen LogP contribution in [0.25, 0.3) is 10.9 Å². The van der Waals surface area contributed by atoms with Crippen LogP contribution in [0.4, 0.5) is 0 Å². The summed E-state index contributed by atoms with van der Waals surface area (Å²) in [5.74, 6) is 1.33. The zero-order chi connectivity index (χ0) is 23.4. The molecule has 4 aromatic rings. The van der Waals surface area contributed by atoms with Gasteiger partial charge in [-0.1, -0.05) is 30.3 Å². The molecule has 0 aliphatic heterocycles. The number of methoxy groups -OCH3 is 3. The molecule has 0 saturated heterocycles. The second-order valence-electron chi connectivity index (χ2n) is 7.48. The van der Waals surface area contributed by atoms with E-state index in [0.717, 1.165) is 27.8 Å². The highest BCUT2D eigenvalue weighted by Crippen LogP contribution is 2.33. The lowest BCUT2D eigenvalue weighted by molar-refractivity contribution is 0.354. The third kappa shape index (κ3) is 4.67. The molecule has 2 N–H and O–H groups in total. The molecule has 4 rings (SSSR count). The SMILES string of the molecule is COc1ccc(C(CNS(=O)(=O)c2ccc(OC)c(OC)c2)c2c[nH]c3ccccc23)cc1. The number of hydrogen-bond donors (Lipinski definition) is 2.